The minimum absolute atomic E-state index is 0.182. The van der Waals surface area contributed by atoms with Crippen LogP contribution in [0.25, 0.3) is 0 Å². The van der Waals surface area contributed by atoms with Crippen LogP contribution in [0.1, 0.15) is 25.8 Å². The van der Waals surface area contributed by atoms with E-state index in [2.05, 4.69) is 4.72 Å². The number of ether oxygens (including phenoxy) is 1. The predicted molar refractivity (Wildman–Crippen MR) is 77.8 cm³/mol. The molecule has 21 heavy (non-hydrogen) atoms. The van der Waals surface area contributed by atoms with Gasteiger partial charge in [0.2, 0.25) is 10.0 Å². The van der Waals surface area contributed by atoms with E-state index in [9.17, 15) is 12.8 Å². The van der Waals surface area contributed by atoms with Gasteiger partial charge in [-0.2, -0.15) is 0 Å². The Kier molecular flexibility index (Phi) is 7.24. The molecule has 120 valence electrons. The molecule has 0 amide bonds. The van der Waals surface area contributed by atoms with Crippen molar-refractivity contribution in [2.45, 2.75) is 31.8 Å². The van der Waals surface area contributed by atoms with E-state index in [1.165, 1.54) is 6.07 Å². The second kappa shape index (κ2) is 8.43. The fraction of sp³-hybridized carbons (Fsp3) is 0.571. The molecule has 0 radical (unpaired) electrons. The zero-order valence-corrected chi connectivity index (χ0v) is 13.1. The summed E-state index contributed by atoms with van der Waals surface area (Å²) in [7, 11) is -3.88. The molecule has 0 aliphatic rings. The molecule has 0 heterocycles. The maximum absolute atomic E-state index is 13.7. The third-order valence-electron chi connectivity index (χ3n) is 2.68. The average molecular weight is 319 g/mol. The van der Waals surface area contributed by atoms with Gasteiger partial charge in [0.1, 0.15) is 10.7 Å². The van der Waals surface area contributed by atoms with E-state index in [0.717, 1.165) is 12.1 Å². The Balaban J connectivity index is 2.50. The van der Waals surface area contributed by atoms with Crippen molar-refractivity contribution >= 4 is 10.0 Å². The molecule has 0 atom stereocenters. The highest BCUT2D eigenvalue weighted by Crippen LogP contribution is 2.16. The molecule has 1 rings (SSSR count). The first-order chi connectivity index (χ1) is 9.86. The SMILES string of the molecule is CC(C)COCCCNS(=O)(=O)c1ccc(CO)cc1F. The predicted octanol–water partition coefficient (Wildman–Crippen LogP) is 1.66. The van der Waals surface area contributed by atoms with Crippen LogP contribution in [-0.2, 0) is 21.4 Å². The summed E-state index contributed by atoms with van der Waals surface area (Å²) in [5, 5.41) is 8.87. The van der Waals surface area contributed by atoms with Crippen LogP contribution >= 0.6 is 0 Å². The second-order valence-electron chi connectivity index (χ2n) is 5.14. The number of halogens is 1. The molecule has 0 bridgehead atoms. The highest BCUT2D eigenvalue weighted by molar-refractivity contribution is 7.89. The van der Waals surface area contributed by atoms with Gasteiger partial charge in [-0.05, 0) is 30.0 Å². The molecular formula is C14H22FNO4S. The Morgan fingerprint density at radius 2 is 2.10 bits per heavy atom. The average Bonchev–Trinajstić information content (AvgIpc) is 2.41. The molecule has 0 saturated heterocycles. The van der Waals surface area contributed by atoms with Crippen molar-refractivity contribution < 1.29 is 22.7 Å². The number of aliphatic hydroxyl groups excluding tert-OH is 1. The van der Waals surface area contributed by atoms with Crippen LogP contribution in [0.5, 0.6) is 0 Å². The van der Waals surface area contributed by atoms with Gasteiger partial charge in [-0.15, -0.1) is 0 Å². The lowest BCUT2D eigenvalue weighted by Gasteiger charge is -2.09. The Hall–Kier alpha value is -1.02. The molecule has 0 spiro atoms. The Morgan fingerprint density at radius 3 is 2.67 bits per heavy atom. The highest BCUT2D eigenvalue weighted by Gasteiger charge is 2.18. The van der Waals surface area contributed by atoms with Crippen molar-refractivity contribution in [1.29, 1.82) is 0 Å². The van der Waals surface area contributed by atoms with Crippen LogP contribution in [-0.4, -0.2) is 33.3 Å². The fourth-order valence-electron chi connectivity index (χ4n) is 1.64. The number of hydrogen-bond donors (Lipinski definition) is 2. The first kappa shape index (κ1) is 18.0. The number of nitrogens with one attached hydrogen (secondary N) is 1. The lowest BCUT2D eigenvalue weighted by molar-refractivity contribution is 0.108. The van der Waals surface area contributed by atoms with Crippen LogP contribution in [0, 0.1) is 11.7 Å². The maximum Gasteiger partial charge on any atom is 0.243 e. The molecule has 5 nitrogen and oxygen atoms in total. The van der Waals surface area contributed by atoms with E-state index in [-0.39, 0.29) is 13.2 Å². The van der Waals surface area contributed by atoms with Crippen molar-refractivity contribution in [2.24, 2.45) is 5.92 Å². The molecule has 2 N–H and O–H groups in total. The highest BCUT2D eigenvalue weighted by atomic mass is 32.2. The smallest absolute Gasteiger partial charge is 0.243 e. The van der Waals surface area contributed by atoms with Crippen molar-refractivity contribution in [2.75, 3.05) is 19.8 Å². The van der Waals surface area contributed by atoms with Gasteiger partial charge in [-0.1, -0.05) is 19.9 Å². The monoisotopic (exact) mass is 319 g/mol. The molecular weight excluding hydrogens is 297 g/mol. The van der Waals surface area contributed by atoms with E-state index < -0.39 is 20.7 Å². The van der Waals surface area contributed by atoms with Gasteiger partial charge in [-0.3, -0.25) is 0 Å². The summed E-state index contributed by atoms with van der Waals surface area (Å²) in [5.74, 6) is -0.439. The summed E-state index contributed by atoms with van der Waals surface area (Å²) >= 11 is 0. The van der Waals surface area contributed by atoms with Gasteiger partial charge in [0.05, 0.1) is 6.61 Å². The van der Waals surface area contributed by atoms with Crippen molar-refractivity contribution in [3.63, 3.8) is 0 Å². The summed E-state index contributed by atoms with van der Waals surface area (Å²) in [6.45, 7) is 4.99. The van der Waals surface area contributed by atoms with Gasteiger partial charge >= 0.3 is 0 Å². The summed E-state index contributed by atoms with van der Waals surface area (Å²) in [6.07, 6.45) is 0.516. The number of hydrogen-bond acceptors (Lipinski definition) is 4. The fourth-order valence-corrected chi connectivity index (χ4v) is 2.77. The van der Waals surface area contributed by atoms with Gasteiger partial charge in [0, 0.05) is 19.8 Å². The molecule has 0 aromatic heterocycles. The van der Waals surface area contributed by atoms with Crippen LogP contribution in [0.2, 0.25) is 0 Å². The van der Waals surface area contributed by atoms with Crippen molar-refractivity contribution in [3.8, 4) is 0 Å². The van der Waals surface area contributed by atoms with E-state index >= 15 is 0 Å². The summed E-state index contributed by atoms with van der Waals surface area (Å²) < 4.78 is 45.2. The molecule has 0 saturated carbocycles. The third-order valence-corrected chi connectivity index (χ3v) is 4.17. The van der Waals surface area contributed by atoms with Gasteiger partial charge in [0.25, 0.3) is 0 Å². The summed E-state index contributed by atoms with van der Waals surface area (Å²) in [5.41, 5.74) is 0.327. The normalized spacial score (nSPS) is 12.0. The Labute approximate surface area is 125 Å². The molecule has 1 aromatic carbocycles. The van der Waals surface area contributed by atoms with Crippen LogP contribution in [0.15, 0.2) is 23.1 Å². The first-order valence-corrected chi connectivity index (χ1v) is 8.32. The Morgan fingerprint density at radius 1 is 1.38 bits per heavy atom. The maximum atomic E-state index is 13.7. The van der Waals surface area contributed by atoms with Gasteiger partial charge < -0.3 is 9.84 Å². The Bertz CT molecular complexity index is 546. The van der Waals surface area contributed by atoms with Crippen LogP contribution < -0.4 is 4.72 Å². The third kappa shape index (κ3) is 6.09. The van der Waals surface area contributed by atoms with Gasteiger partial charge in [0.15, 0.2) is 0 Å². The lowest BCUT2D eigenvalue weighted by atomic mass is 10.2. The van der Waals surface area contributed by atoms with E-state index in [1.807, 2.05) is 13.8 Å². The zero-order valence-electron chi connectivity index (χ0n) is 12.3. The second-order valence-corrected chi connectivity index (χ2v) is 6.88. The van der Waals surface area contributed by atoms with Crippen molar-refractivity contribution in [1.82, 2.24) is 4.72 Å². The van der Waals surface area contributed by atoms with E-state index in [1.54, 1.807) is 0 Å². The summed E-state index contributed by atoms with van der Waals surface area (Å²) in [4.78, 5) is -0.414. The minimum atomic E-state index is -3.88. The standard InChI is InChI=1S/C14H22FNO4S/c1-11(2)10-20-7-3-6-16-21(18,19)14-5-4-12(9-17)8-13(14)15/h4-5,8,11,16-17H,3,6-7,9-10H2,1-2H3. The number of rotatable bonds is 9. The topological polar surface area (TPSA) is 75.6 Å². The number of aliphatic hydroxyl groups is 1. The number of benzene rings is 1. The van der Waals surface area contributed by atoms with E-state index in [0.29, 0.717) is 31.1 Å². The van der Waals surface area contributed by atoms with Crippen LogP contribution in [0.4, 0.5) is 4.39 Å². The minimum Gasteiger partial charge on any atom is -0.392 e. The molecule has 0 aliphatic carbocycles. The number of sulfonamides is 1. The zero-order chi connectivity index (χ0) is 15.9. The van der Waals surface area contributed by atoms with Gasteiger partial charge in [-0.25, -0.2) is 17.5 Å². The largest absolute Gasteiger partial charge is 0.392 e. The summed E-state index contributed by atoms with van der Waals surface area (Å²) in [6, 6.07) is 3.54. The first-order valence-electron chi connectivity index (χ1n) is 6.83. The molecule has 0 aliphatic heterocycles. The molecule has 0 unspecified atom stereocenters. The van der Waals surface area contributed by atoms with Crippen LogP contribution in [0.3, 0.4) is 0 Å². The quantitative estimate of drug-likeness (QED) is 0.679. The van der Waals surface area contributed by atoms with E-state index in [4.69, 9.17) is 9.84 Å². The lowest BCUT2D eigenvalue weighted by Crippen LogP contribution is -2.26. The molecule has 1 aromatic rings. The molecule has 0 fully saturated rings. The van der Waals surface area contributed by atoms with Crippen molar-refractivity contribution in [3.05, 3.63) is 29.6 Å². The molecule has 7 heteroatoms.